The third-order valence-corrected chi connectivity index (χ3v) is 4.05. The molecule has 1 heterocycles. The highest BCUT2D eigenvalue weighted by Gasteiger charge is 2.35. The minimum atomic E-state index is -4.68. The van der Waals surface area contributed by atoms with Crippen molar-refractivity contribution < 1.29 is 17.6 Å². The summed E-state index contributed by atoms with van der Waals surface area (Å²) in [5.74, 6) is 0. The van der Waals surface area contributed by atoms with Crippen LogP contribution >= 0.6 is 0 Å². The SMILES string of the molecule is C=Cc1c(C(=C)NC(CCN)C(C)F)cc(/C=C/CN)nc1C(=C)C(F)(F)F.CC.CC.CC. The van der Waals surface area contributed by atoms with Crippen LogP contribution in [0.2, 0.25) is 0 Å². The number of halogens is 4. The smallest absolute Gasteiger partial charge is 0.379 e. The Morgan fingerprint density at radius 1 is 1.12 bits per heavy atom. The molecule has 0 saturated heterocycles. The molecule has 0 bridgehead atoms. The number of hydrogen-bond donors (Lipinski definition) is 3. The molecule has 4 nitrogen and oxygen atoms in total. The number of allylic oxidation sites excluding steroid dienone is 1. The first-order valence-electron chi connectivity index (χ1n) is 11.7. The second-order valence-electron chi connectivity index (χ2n) is 6.16. The van der Waals surface area contributed by atoms with Crippen LogP contribution in [0.3, 0.4) is 0 Å². The van der Waals surface area contributed by atoms with Crippen LogP contribution in [0.4, 0.5) is 17.6 Å². The molecular formula is C26H44F4N4. The van der Waals surface area contributed by atoms with Crippen molar-refractivity contribution in [1.29, 1.82) is 0 Å². The summed E-state index contributed by atoms with van der Waals surface area (Å²) in [6.45, 7) is 24.4. The second-order valence-corrected chi connectivity index (χ2v) is 6.16. The standard InChI is InChI=1S/C20H26F4N4.3C2H6/c1-5-16-17(14(4)27-18(8-10-26)13(3)21)11-15(7-6-9-25)28-19(16)12(2)20(22,23)24;3*1-2/h5-7,11,13,18,27H,1-2,4,8-10,25-26H2,3H3;3*1-2H3/b7-6+;;;. The first kappa shape index (κ1) is 36.1. The van der Waals surface area contributed by atoms with Crippen LogP contribution in [-0.4, -0.2) is 36.5 Å². The van der Waals surface area contributed by atoms with Crippen LogP contribution in [0, 0.1) is 0 Å². The van der Waals surface area contributed by atoms with E-state index in [0.29, 0.717) is 12.0 Å². The molecule has 0 fully saturated rings. The van der Waals surface area contributed by atoms with E-state index in [9.17, 15) is 17.6 Å². The summed E-state index contributed by atoms with van der Waals surface area (Å²) >= 11 is 0. The number of aromatic nitrogens is 1. The normalized spacial score (nSPS) is 12.0. The average Bonchev–Trinajstić information content (AvgIpc) is 2.84. The van der Waals surface area contributed by atoms with Gasteiger partial charge in [0.2, 0.25) is 0 Å². The summed E-state index contributed by atoms with van der Waals surface area (Å²) in [6, 6.07) is 0.897. The highest BCUT2D eigenvalue weighted by atomic mass is 19.4. The molecule has 0 amide bonds. The molecule has 0 saturated carbocycles. The van der Waals surface area contributed by atoms with Gasteiger partial charge in [0.15, 0.2) is 0 Å². The van der Waals surface area contributed by atoms with Gasteiger partial charge in [-0.25, -0.2) is 9.37 Å². The number of alkyl halides is 4. The predicted molar refractivity (Wildman–Crippen MR) is 142 cm³/mol. The van der Waals surface area contributed by atoms with E-state index in [1.807, 2.05) is 41.5 Å². The van der Waals surface area contributed by atoms with Crippen molar-refractivity contribution in [3.63, 3.8) is 0 Å². The summed E-state index contributed by atoms with van der Waals surface area (Å²) in [5, 5.41) is 2.91. The van der Waals surface area contributed by atoms with Gasteiger partial charge in [-0.1, -0.05) is 73.4 Å². The molecule has 1 aromatic rings. The molecule has 0 radical (unpaired) electrons. The summed E-state index contributed by atoms with van der Waals surface area (Å²) in [5.41, 5.74) is 10.3. The zero-order valence-electron chi connectivity index (χ0n) is 21.8. The van der Waals surface area contributed by atoms with E-state index in [1.54, 1.807) is 6.08 Å². The van der Waals surface area contributed by atoms with E-state index >= 15 is 0 Å². The fourth-order valence-corrected chi connectivity index (χ4v) is 2.57. The van der Waals surface area contributed by atoms with Gasteiger partial charge in [0.05, 0.1) is 23.0 Å². The zero-order valence-corrected chi connectivity index (χ0v) is 21.8. The molecule has 1 aromatic heterocycles. The van der Waals surface area contributed by atoms with Crippen molar-refractivity contribution in [2.45, 2.75) is 73.3 Å². The van der Waals surface area contributed by atoms with Gasteiger partial charge in [-0.2, -0.15) is 13.2 Å². The average molecular weight is 489 g/mol. The first-order valence-corrected chi connectivity index (χ1v) is 11.7. The molecule has 5 N–H and O–H groups in total. The predicted octanol–water partition coefficient (Wildman–Crippen LogP) is 6.99. The topological polar surface area (TPSA) is 77.0 Å². The third kappa shape index (κ3) is 12.1. The molecule has 0 aliphatic rings. The van der Waals surface area contributed by atoms with Crippen molar-refractivity contribution in [2.24, 2.45) is 11.5 Å². The van der Waals surface area contributed by atoms with Gasteiger partial charge < -0.3 is 16.8 Å². The Morgan fingerprint density at radius 3 is 2.03 bits per heavy atom. The first-order chi connectivity index (χ1) is 16.1. The minimum Gasteiger partial charge on any atom is -0.379 e. The van der Waals surface area contributed by atoms with Crippen LogP contribution in [0.15, 0.2) is 31.9 Å². The summed E-state index contributed by atoms with van der Waals surface area (Å²) in [4.78, 5) is 4.04. The number of nitrogens with zero attached hydrogens (tertiary/aromatic N) is 1. The van der Waals surface area contributed by atoms with Crippen LogP contribution in [0.1, 0.15) is 77.4 Å². The Balaban J connectivity index is -0.00000148. The van der Waals surface area contributed by atoms with Gasteiger partial charge >= 0.3 is 6.18 Å². The number of rotatable bonds is 10. The minimum absolute atomic E-state index is 0.0998. The molecule has 0 aliphatic heterocycles. The number of nitrogens with two attached hydrogens (primary N) is 2. The molecule has 0 spiro atoms. The fraction of sp³-hybridized carbons (Fsp3) is 0.500. The largest absolute Gasteiger partial charge is 0.417 e. The van der Waals surface area contributed by atoms with Crippen molar-refractivity contribution in [3.8, 4) is 0 Å². The van der Waals surface area contributed by atoms with Gasteiger partial charge in [-0.05, 0) is 32.0 Å². The van der Waals surface area contributed by atoms with E-state index in [1.165, 1.54) is 25.1 Å². The lowest BCUT2D eigenvalue weighted by Crippen LogP contribution is -2.36. The molecule has 2 unspecified atom stereocenters. The van der Waals surface area contributed by atoms with Crippen LogP contribution in [-0.2, 0) is 0 Å². The fourth-order valence-electron chi connectivity index (χ4n) is 2.57. The van der Waals surface area contributed by atoms with E-state index in [2.05, 4.69) is 30.0 Å². The maximum Gasteiger partial charge on any atom is 0.417 e. The van der Waals surface area contributed by atoms with E-state index in [-0.39, 0.29) is 35.7 Å². The molecule has 34 heavy (non-hydrogen) atoms. The molecule has 196 valence electrons. The van der Waals surface area contributed by atoms with Gasteiger partial charge in [0.1, 0.15) is 6.17 Å². The monoisotopic (exact) mass is 488 g/mol. The molecule has 8 heteroatoms. The summed E-state index contributed by atoms with van der Waals surface area (Å²) < 4.78 is 53.7. The van der Waals surface area contributed by atoms with E-state index < -0.39 is 24.0 Å². The van der Waals surface area contributed by atoms with Gasteiger partial charge in [-0.3, -0.25) is 0 Å². The quantitative estimate of drug-likeness (QED) is 0.310. The summed E-state index contributed by atoms with van der Waals surface area (Å²) in [6.07, 6.45) is -1.30. The van der Waals surface area contributed by atoms with Crippen molar-refractivity contribution in [2.75, 3.05) is 13.1 Å². The Hall–Kier alpha value is -2.45. The van der Waals surface area contributed by atoms with Crippen LogP contribution in [0.5, 0.6) is 0 Å². The van der Waals surface area contributed by atoms with Crippen molar-refractivity contribution >= 4 is 23.4 Å². The van der Waals surface area contributed by atoms with E-state index in [0.717, 1.165) is 0 Å². The van der Waals surface area contributed by atoms with Gasteiger partial charge in [0, 0.05) is 23.4 Å². The third-order valence-electron chi connectivity index (χ3n) is 4.05. The van der Waals surface area contributed by atoms with Crippen molar-refractivity contribution in [3.05, 3.63) is 54.4 Å². The molecule has 0 aliphatic carbocycles. The zero-order chi connectivity index (χ0) is 27.5. The highest BCUT2D eigenvalue weighted by Crippen LogP contribution is 2.36. The Labute approximate surface area is 203 Å². The maximum atomic E-state index is 13.8. The van der Waals surface area contributed by atoms with E-state index in [4.69, 9.17) is 11.5 Å². The van der Waals surface area contributed by atoms with Gasteiger partial charge in [-0.15, -0.1) is 0 Å². The van der Waals surface area contributed by atoms with Crippen molar-refractivity contribution in [1.82, 2.24) is 10.3 Å². The molecule has 0 aromatic carbocycles. The van der Waals surface area contributed by atoms with Crippen LogP contribution in [0.25, 0.3) is 23.4 Å². The van der Waals surface area contributed by atoms with Gasteiger partial charge in [0.25, 0.3) is 0 Å². The Kier molecular flexibility index (Phi) is 21.2. The highest BCUT2D eigenvalue weighted by molar-refractivity contribution is 5.82. The number of pyridine rings is 1. The summed E-state index contributed by atoms with van der Waals surface area (Å²) in [7, 11) is 0. The number of nitrogens with one attached hydrogen (secondary N) is 1. The molecular weight excluding hydrogens is 444 g/mol. The Morgan fingerprint density at radius 2 is 1.65 bits per heavy atom. The van der Waals surface area contributed by atoms with Crippen LogP contribution < -0.4 is 16.8 Å². The Bertz CT molecular complexity index is 754. The lowest BCUT2D eigenvalue weighted by Gasteiger charge is -2.24. The lowest BCUT2D eigenvalue weighted by atomic mass is 9.97. The number of hydrogen-bond acceptors (Lipinski definition) is 4. The lowest BCUT2D eigenvalue weighted by molar-refractivity contribution is -0.0689. The maximum absolute atomic E-state index is 13.8. The second kappa shape index (κ2) is 20.0. The molecule has 1 rings (SSSR count). The molecule has 2 atom stereocenters.